The van der Waals surface area contributed by atoms with Gasteiger partial charge in [0.15, 0.2) is 0 Å². The maximum absolute atomic E-state index is 13.4. The second kappa shape index (κ2) is 4.73. The van der Waals surface area contributed by atoms with E-state index in [-0.39, 0.29) is 4.90 Å². The Morgan fingerprint density at radius 3 is 2.67 bits per heavy atom. The van der Waals surface area contributed by atoms with Crippen LogP contribution in [0.3, 0.4) is 0 Å². The van der Waals surface area contributed by atoms with Gasteiger partial charge in [0, 0.05) is 12.2 Å². The lowest BCUT2D eigenvalue weighted by atomic mass is 10.2. The van der Waals surface area contributed by atoms with Crippen molar-refractivity contribution in [3.63, 3.8) is 0 Å². The summed E-state index contributed by atoms with van der Waals surface area (Å²) in [5.74, 6) is -0.440. The molecule has 4 nitrogen and oxygen atoms in total. The zero-order chi connectivity index (χ0) is 15.2. The van der Waals surface area contributed by atoms with Crippen molar-refractivity contribution in [3.05, 3.63) is 53.3 Å². The first-order valence-corrected chi connectivity index (χ1v) is 8.01. The number of nitrogens with two attached hydrogens (primary N) is 1. The van der Waals surface area contributed by atoms with Crippen molar-refractivity contribution < 1.29 is 12.8 Å². The van der Waals surface area contributed by atoms with Crippen LogP contribution in [0.5, 0.6) is 0 Å². The third-order valence-corrected chi connectivity index (χ3v) is 5.54. The van der Waals surface area contributed by atoms with Crippen LogP contribution in [-0.2, 0) is 16.4 Å². The van der Waals surface area contributed by atoms with Crippen molar-refractivity contribution in [2.45, 2.75) is 18.2 Å². The second-order valence-electron chi connectivity index (χ2n) is 5.12. The Balaban J connectivity index is 2.09. The monoisotopic (exact) mass is 306 g/mol. The standard InChI is InChI=1S/C15H15FN2O2S/c1-10-8-13(4-5-14(10)17)21(19,20)18-7-6-11-2-3-12(16)9-15(11)18/h2-5,8-9H,6-7,17H2,1H3. The Morgan fingerprint density at radius 2 is 1.95 bits per heavy atom. The van der Waals surface area contributed by atoms with Gasteiger partial charge in [0.05, 0.1) is 10.6 Å². The lowest BCUT2D eigenvalue weighted by Gasteiger charge is -2.20. The van der Waals surface area contributed by atoms with Crippen molar-refractivity contribution in [2.24, 2.45) is 0 Å². The fourth-order valence-corrected chi connectivity index (χ4v) is 4.09. The Bertz CT molecular complexity index is 818. The fourth-order valence-electron chi connectivity index (χ4n) is 2.51. The lowest BCUT2D eigenvalue weighted by Crippen LogP contribution is -2.29. The molecule has 0 saturated carbocycles. The van der Waals surface area contributed by atoms with Gasteiger partial charge in [0.1, 0.15) is 5.82 Å². The molecule has 21 heavy (non-hydrogen) atoms. The van der Waals surface area contributed by atoms with Gasteiger partial charge in [-0.05, 0) is 54.8 Å². The topological polar surface area (TPSA) is 63.4 Å². The molecule has 0 radical (unpaired) electrons. The van der Waals surface area contributed by atoms with Crippen LogP contribution in [-0.4, -0.2) is 15.0 Å². The Morgan fingerprint density at radius 1 is 1.19 bits per heavy atom. The highest BCUT2D eigenvalue weighted by Gasteiger charge is 2.31. The van der Waals surface area contributed by atoms with Gasteiger partial charge in [-0.25, -0.2) is 12.8 Å². The van der Waals surface area contributed by atoms with Crippen molar-refractivity contribution in [3.8, 4) is 0 Å². The normalized spacial score (nSPS) is 14.3. The molecule has 0 spiro atoms. The summed E-state index contributed by atoms with van der Waals surface area (Å²) in [6.45, 7) is 2.08. The molecule has 0 amide bonds. The molecule has 6 heteroatoms. The van der Waals surface area contributed by atoms with Gasteiger partial charge in [-0.1, -0.05) is 6.07 Å². The summed E-state index contributed by atoms with van der Waals surface area (Å²) in [4.78, 5) is 0.173. The molecular formula is C15H15FN2O2S. The van der Waals surface area contributed by atoms with Gasteiger partial charge in [0.2, 0.25) is 0 Å². The first-order chi connectivity index (χ1) is 9.89. The zero-order valence-electron chi connectivity index (χ0n) is 11.5. The number of sulfonamides is 1. The summed E-state index contributed by atoms with van der Waals surface area (Å²) in [6, 6.07) is 8.85. The van der Waals surface area contributed by atoms with Gasteiger partial charge in [-0.2, -0.15) is 0 Å². The Hall–Kier alpha value is -2.08. The highest BCUT2D eigenvalue weighted by molar-refractivity contribution is 7.92. The van der Waals surface area contributed by atoms with Gasteiger partial charge in [-0.3, -0.25) is 4.31 Å². The number of halogens is 1. The molecule has 2 aromatic carbocycles. The smallest absolute Gasteiger partial charge is 0.264 e. The van der Waals surface area contributed by atoms with E-state index in [9.17, 15) is 12.8 Å². The van der Waals surface area contributed by atoms with E-state index in [1.165, 1.54) is 22.5 Å². The minimum absolute atomic E-state index is 0.173. The van der Waals surface area contributed by atoms with E-state index >= 15 is 0 Å². The van der Waals surface area contributed by atoms with Crippen LogP contribution in [0.15, 0.2) is 41.3 Å². The average molecular weight is 306 g/mol. The van der Waals surface area contributed by atoms with Crippen molar-refractivity contribution in [1.82, 2.24) is 0 Å². The first-order valence-electron chi connectivity index (χ1n) is 6.57. The Kier molecular flexibility index (Phi) is 3.13. The van der Waals surface area contributed by atoms with E-state index in [1.54, 1.807) is 25.1 Å². The molecule has 0 aliphatic carbocycles. The molecule has 3 rings (SSSR count). The highest BCUT2D eigenvalue weighted by Crippen LogP contribution is 2.33. The summed E-state index contributed by atoms with van der Waals surface area (Å²) < 4.78 is 40.1. The molecule has 110 valence electrons. The second-order valence-corrected chi connectivity index (χ2v) is 6.98. The molecule has 2 aromatic rings. The van der Waals surface area contributed by atoms with Crippen LogP contribution in [0, 0.1) is 12.7 Å². The van der Waals surface area contributed by atoms with Gasteiger partial charge in [-0.15, -0.1) is 0 Å². The molecule has 1 aliphatic heterocycles. The Labute approximate surface area is 123 Å². The number of hydrogen-bond donors (Lipinski definition) is 1. The molecule has 0 aromatic heterocycles. The minimum atomic E-state index is -3.70. The molecular weight excluding hydrogens is 291 g/mol. The van der Waals surface area contributed by atoms with Gasteiger partial charge in [0.25, 0.3) is 10.0 Å². The van der Waals surface area contributed by atoms with Crippen LogP contribution >= 0.6 is 0 Å². The molecule has 0 bridgehead atoms. The lowest BCUT2D eigenvalue weighted by molar-refractivity contribution is 0.592. The van der Waals surface area contributed by atoms with E-state index in [4.69, 9.17) is 5.73 Å². The van der Waals surface area contributed by atoms with Crippen molar-refractivity contribution >= 4 is 21.4 Å². The largest absolute Gasteiger partial charge is 0.399 e. The van der Waals surface area contributed by atoms with E-state index in [2.05, 4.69) is 0 Å². The quantitative estimate of drug-likeness (QED) is 0.867. The van der Waals surface area contributed by atoms with Crippen LogP contribution in [0.4, 0.5) is 15.8 Å². The number of hydrogen-bond acceptors (Lipinski definition) is 3. The first kappa shape index (κ1) is 13.9. The fraction of sp³-hybridized carbons (Fsp3) is 0.200. The van der Waals surface area contributed by atoms with E-state index < -0.39 is 15.8 Å². The van der Waals surface area contributed by atoms with Gasteiger partial charge < -0.3 is 5.73 Å². The molecule has 2 N–H and O–H groups in total. The molecule has 0 fully saturated rings. The predicted octanol–water partition coefficient (Wildman–Crippen LogP) is 2.47. The molecule has 1 heterocycles. The summed E-state index contributed by atoms with van der Waals surface area (Å²) in [6.07, 6.45) is 0.586. The zero-order valence-corrected chi connectivity index (χ0v) is 12.3. The number of nitrogens with zero attached hydrogens (tertiary/aromatic N) is 1. The van der Waals surface area contributed by atoms with Crippen LogP contribution in [0.1, 0.15) is 11.1 Å². The summed E-state index contributed by atoms with van der Waals surface area (Å²) in [5.41, 5.74) is 8.23. The molecule has 0 unspecified atom stereocenters. The molecule has 0 saturated heterocycles. The van der Waals surface area contributed by atoms with Crippen LogP contribution in [0.25, 0.3) is 0 Å². The van der Waals surface area contributed by atoms with E-state index in [0.29, 0.717) is 29.9 Å². The predicted molar refractivity (Wildman–Crippen MR) is 80.2 cm³/mol. The van der Waals surface area contributed by atoms with Gasteiger partial charge >= 0.3 is 0 Å². The third-order valence-electron chi connectivity index (χ3n) is 3.73. The number of rotatable bonds is 2. The number of fused-ring (bicyclic) bond motifs is 1. The van der Waals surface area contributed by atoms with Crippen molar-refractivity contribution in [1.29, 1.82) is 0 Å². The minimum Gasteiger partial charge on any atom is -0.399 e. The summed E-state index contributed by atoms with van der Waals surface area (Å²) in [5, 5.41) is 0. The number of benzene rings is 2. The maximum atomic E-state index is 13.4. The molecule has 1 aliphatic rings. The van der Waals surface area contributed by atoms with E-state index in [1.807, 2.05) is 0 Å². The SMILES string of the molecule is Cc1cc(S(=O)(=O)N2CCc3ccc(F)cc32)ccc1N. The third kappa shape index (κ3) is 2.25. The maximum Gasteiger partial charge on any atom is 0.264 e. The summed E-state index contributed by atoms with van der Waals surface area (Å²) >= 11 is 0. The molecule has 0 atom stereocenters. The van der Waals surface area contributed by atoms with Crippen LogP contribution < -0.4 is 10.0 Å². The summed E-state index contributed by atoms with van der Waals surface area (Å²) in [7, 11) is -3.70. The highest BCUT2D eigenvalue weighted by atomic mass is 32.2. The van der Waals surface area contributed by atoms with E-state index in [0.717, 1.165) is 5.56 Å². The van der Waals surface area contributed by atoms with Crippen LogP contribution in [0.2, 0.25) is 0 Å². The number of aryl methyl sites for hydroxylation is 1. The average Bonchev–Trinajstić information content (AvgIpc) is 2.85. The van der Waals surface area contributed by atoms with Crippen molar-refractivity contribution in [2.75, 3.05) is 16.6 Å². The number of anilines is 2. The number of nitrogen functional groups attached to an aromatic ring is 1.